The average Bonchev–Trinajstić information content (AvgIpc) is 2.36. The van der Waals surface area contributed by atoms with Crippen molar-refractivity contribution < 1.29 is 12.8 Å². The number of hydrogen-bond donors (Lipinski definition) is 2. The van der Waals surface area contributed by atoms with Crippen LogP contribution < -0.4 is 10.5 Å². The van der Waals surface area contributed by atoms with Crippen molar-refractivity contribution in [2.75, 3.05) is 10.5 Å². The van der Waals surface area contributed by atoms with Crippen molar-refractivity contribution in [1.82, 2.24) is 0 Å². The van der Waals surface area contributed by atoms with Crippen molar-refractivity contribution >= 4 is 37.3 Å². The van der Waals surface area contributed by atoms with Gasteiger partial charge in [-0.2, -0.15) is 0 Å². The molecule has 0 amide bonds. The Balaban J connectivity index is 2.40. The Labute approximate surface area is 125 Å². The third-order valence-electron chi connectivity index (χ3n) is 2.67. The molecule has 0 unspecified atom stereocenters. The summed E-state index contributed by atoms with van der Waals surface area (Å²) in [5, 5.41) is 0. The quantitative estimate of drug-likeness (QED) is 0.827. The van der Waals surface area contributed by atoms with Crippen LogP contribution in [0.5, 0.6) is 0 Å². The lowest BCUT2D eigenvalue weighted by Gasteiger charge is -2.11. The van der Waals surface area contributed by atoms with Crippen molar-refractivity contribution in [3.63, 3.8) is 0 Å². The van der Waals surface area contributed by atoms with Crippen LogP contribution in [0.3, 0.4) is 0 Å². The summed E-state index contributed by atoms with van der Waals surface area (Å²) >= 11 is 3.01. The van der Waals surface area contributed by atoms with E-state index in [2.05, 4.69) is 20.7 Å². The molecule has 2 rings (SSSR count). The maximum Gasteiger partial charge on any atom is 0.262 e. The first-order valence-corrected chi connectivity index (χ1v) is 7.91. The molecule has 0 spiro atoms. The number of anilines is 2. The number of rotatable bonds is 3. The van der Waals surface area contributed by atoms with Crippen LogP contribution >= 0.6 is 15.9 Å². The molecule has 0 atom stereocenters. The second-order valence-corrected chi connectivity index (χ2v) is 6.76. The molecule has 0 aliphatic heterocycles. The van der Waals surface area contributed by atoms with Gasteiger partial charge in [0.05, 0.1) is 15.1 Å². The van der Waals surface area contributed by atoms with Crippen LogP contribution in [0, 0.1) is 12.7 Å². The summed E-state index contributed by atoms with van der Waals surface area (Å²) in [5.41, 5.74) is 6.81. The zero-order valence-electron chi connectivity index (χ0n) is 10.5. The fourth-order valence-electron chi connectivity index (χ4n) is 1.68. The molecule has 0 aromatic heterocycles. The molecule has 7 heteroatoms. The molecule has 2 aromatic rings. The fraction of sp³-hybridized carbons (Fsp3) is 0.0769. The highest BCUT2D eigenvalue weighted by Gasteiger charge is 2.17. The fourth-order valence-corrected chi connectivity index (χ4v) is 3.39. The Morgan fingerprint density at radius 2 is 1.90 bits per heavy atom. The van der Waals surface area contributed by atoms with E-state index in [1.807, 2.05) is 0 Å². The number of halogens is 2. The summed E-state index contributed by atoms with van der Waals surface area (Å²) in [4.78, 5) is 0.0953. The van der Waals surface area contributed by atoms with E-state index in [0.29, 0.717) is 11.3 Å². The Kier molecular flexibility index (Phi) is 4.01. The smallest absolute Gasteiger partial charge is 0.262 e. The molecule has 0 aliphatic carbocycles. The first-order valence-electron chi connectivity index (χ1n) is 5.63. The maximum absolute atomic E-state index is 13.1. The van der Waals surface area contributed by atoms with Crippen LogP contribution in [0.2, 0.25) is 0 Å². The second kappa shape index (κ2) is 5.41. The Bertz CT molecular complexity index is 763. The lowest BCUT2D eigenvalue weighted by molar-refractivity contribution is 0.600. The van der Waals surface area contributed by atoms with Gasteiger partial charge in [-0.15, -0.1) is 0 Å². The first-order chi connectivity index (χ1) is 9.29. The summed E-state index contributed by atoms with van der Waals surface area (Å²) in [6, 6.07) is 8.52. The minimum atomic E-state index is -3.77. The minimum Gasteiger partial charge on any atom is -0.399 e. The molecule has 0 aliphatic rings. The highest BCUT2D eigenvalue weighted by molar-refractivity contribution is 9.10. The molecule has 4 nitrogen and oxygen atoms in total. The van der Waals surface area contributed by atoms with Gasteiger partial charge in [0.1, 0.15) is 5.82 Å². The summed E-state index contributed by atoms with van der Waals surface area (Å²) in [7, 11) is -3.77. The van der Waals surface area contributed by atoms with Gasteiger partial charge >= 0.3 is 0 Å². The van der Waals surface area contributed by atoms with E-state index >= 15 is 0 Å². The van der Waals surface area contributed by atoms with Crippen molar-refractivity contribution in [1.29, 1.82) is 0 Å². The van der Waals surface area contributed by atoms with Crippen LogP contribution in [-0.2, 0) is 10.0 Å². The van der Waals surface area contributed by atoms with Gasteiger partial charge in [0.15, 0.2) is 0 Å². The molecule has 0 radical (unpaired) electrons. The van der Waals surface area contributed by atoms with E-state index in [0.717, 1.165) is 0 Å². The SMILES string of the molecule is Cc1ccc(N)cc1S(=O)(=O)Nc1ccc(F)c(Br)c1. The molecule has 0 fully saturated rings. The number of nitrogens with two attached hydrogens (primary N) is 1. The third-order valence-corrected chi connectivity index (χ3v) is 4.80. The molecule has 0 bridgehead atoms. The van der Waals surface area contributed by atoms with Gasteiger partial charge in [0.2, 0.25) is 0 Å². The summed E-state index contributed by atoms with van der Waals surface area (Å²) in [6.45, 7) is 1.68. The minimum absolute atomic E-state index is 0.0953. The van der Waals surface area contributed by atoms with Crippen LogP contribution in [-0.4, -0.2) is 8.42 Å². The molecular weight excluding hydrogens is 347 g/mol. The zero-order valence-corrected chi connectivity index (χ0v) is 12.9. The zero-order chi connectivity index (χ0) is 14.9. The van der Waals surface area contributed by atoms with Crippen LogP contribution in [0.25, 0.3) is 0 Å². The van der Waals surface area contributed by atoms with E-state index in [9.17, 15) is 12.8 Å². The number of sulfonamides is 1. The number of aryl methyl sites for hydroxylation is 1. The topological polar surface area (TPSA) is 72.2 Å². The van der Waals surface area contributed by atoms with Gasteiger partial charge in [-0.25, -0.2) is 12.8 Å². The van der Waals surface area contributed by atoms with Gasteiger partial charge in [0.25, 0.3) is 10.0 Å². The van der Waals surface area contributed by atoms with Crippen LogP contribution in [0.15, 0.2) is 45.8 Å². The highest BCUT2D eigenvalue weighted by atomic mass is 79.9. The standard InChI is InChI=1S/C13H12BrFN2O2S/c1-8-2-3-9(16)6-13(8)20(18,19)17-10-4-5-12(15)11(14)7-10/h2-7,17H,16H2,1H3. The summed E-state index contributed by atoms with van der Waals surface area (Å²) in [6.07, 6.45) is 0. The van der Waals surface area contributed by atoms with E-state index in [4.69, 9.17) is 5.73 Å². The van der Waals surface area contributed by atoms with Crippen molar-refractivity contribution in [2.45, 2.75) is 11.8 Å². The predicted octanol–water partition coefficient (Wildman–Crippen LogP) is 3.28. The van der Waals surface area contributed by atoms with Gasteiger partial charge in [-0.1, -0.05) is 6.07 Å². The van der Waals surface area contributed by atoms with Crippen LogP contribution in [0.4, 0.5) is 15.8 Å². The summed E-state index contributed by atoms with van der Waals surface area (Å²) in [5.74, 6) is -0.465. The van der Waals surface area contributed by atoms with Crippen LogP contribution in [0.1, 0.15) is 5.56 Å². The van der Waals surface area contributed by atoms with Gasteiger partial charge in [-0.3, -0.25) is 4.72 Å². The number of nitrogens with one attached hydrogen (secondary N) is 1. The second-order valence-electron chi connectivity index (χ2n) is 4.26. The summed E-state index contributed by atoms with van der Waals surface area (Å²) < 4.78 is 40.3. The number of nitrogen functional groups attached to an aromatic ring is 1. The van der Waals surface area contributed by atoms with E-state index in [1.54, 1.807) is 19.1 Å². The van der Waals surface area contributed by atoms with E-state index < -0.39 is 15.8 Å². The van der Waals surface area contributed by atoms with Crippen molar-refractivity contribution in [3.8, 4) is 0 Å². The van der Waals surface area contributed by atoms with Crippen molar-refractivity contribution in [3.05, 3.63) is 52.3 Å². The molecular formula is C13H12BrFN2O2S. The average molecular weight is 359 g/mol. The largest absolute Gasteiger partial charge is 0.399 e. The van der Waals surface area contributed by atoms with Gasteiger partial charge in [0, 0.05) is 5.69 Å². The molecule has 20 heavy (non-hydrogen) atoms. The molecule has 2 aromatic carbocycles. The predicted molar refractivity (Wildman–Crippen MR) is 80.5 cm³/mol. The Hall–Kier alpha value is -1.60. The Morgan fingerprint density at radius 1 is 1.20 bits per heavy atom. The maximum atomic E-state index is 13.1. The van der Waals surface area contributed by atoms with E-state index in [1.165, 1.54) is 24.3 Å². The molecule has 0 saturated heterocycles. The number of benzene rings is 2. The van der Waals surface area contributed by atoms with Gasteiger partial charge < -0.3 is 5.73 Å². The molecule has 3 N–H and O–H groups in total. The van der Waals surface area contributed by atoms with Gasteiger partial charge in [-0.05, 0) is 58.7 Å². The lowest BCUT2D eigenvalue weighted by atomic mass is 10.2. The number of hydrogen-bond acceptors (Lipinski definition) is 3. The molecule has 106 valence electrons. The monoisotopic (exact) mass is 358 g/mol. The Morgan fingerprint density at radius 3 is 2.55 bits per heavy atom. The molecule has 0 heterocycles. The van der Waals surface area contributed by atoms with Crippen molar-refractivity contribution in [2.24, 2.45) is 0 Å². The lowest BCUT2D eigenvalue weighted by Crippen LogP contribution is -2.14. The normalized spacial score (nSPS) is 11.3. The first kappa shape index (κ1) is 14.8. The highest BCUT2D eigenvalue weighted by Crippen LogP contribution is 2.24. The van der Waals surface area contributed by atoms with E-state index in [-0.39, 0.29) is 15.1 Å². The molecule has 0 saturated carbocycles. The third kappa shape index (κ3) is 3.10.